The molecule has 88 valence electrons. The third kappa shape index (κ3) is 2.36. The average molecular weight is 210 g/mol. The average Bonchev–Trinajstić information content (AvgIpc) is 2.96. The lowest BCUT2D eigenvalue weighted by Gasteiger charge is -2.35. The highest BCUT2D eigenvalue weighted by molar-refractivity contribution is 4.93. The Labute approximate surface area is 94.2 Å². The summed E-state index contributed by atoms with van der Waals surface area (Å²) in [4.78, 5) is 2.62. The van der Waals surface area contributed by atoms with Crippen LogP contribution in [0.25, 0.3) is 0 Å². The molecule has 2 rings (SSSR count). The molecule has 0 aromatic carbocycles. The standard InChI is InChI=1S/C13H26N2/c1-3-10-5-4-6-12(10)15(2)13(9-14)11-7-8-11/h10-13H,3-9,14H2,1-2H3. The van der Waals surface area contributed by atoms with Gasteiger partial charge in [-0.15, -0.1) is 0 Å². The molecule has 2 aliphatic rings. The minimum atomic E-state index is 0.669. The van der Waals surface area contributed by atoms with Crippen molar-refractivity contribution in [2.45, 2.75) is 57.5 Å². The van der Waals surface area contributed by atoms with E-state index >= 15 is 0 Å². The lowest BCUT2D eigenvalue weighted by molar-refractivity contribution is 0.127. The van der Waals surface area contributed by atoms with Crippen molar-refractivity contribution >= 4 is 0 Å². The summed E-state index contributed by atoms with van der Waals surface area (Å²) in [6, 6.07) is 1.49. The maximum absolute atomic E-state index is 5.93. The van der Waals surface area contributed by atoms with Gasteiger partial charge in [-0.05, 0) is 44.6 Å². The predicted molar refractivity (Wildman–Crippen MR) is 64.7 cm³/mol. The molecule has 0 aromatic heterocycles. The molecule has 2 nitrogen and oxygen atoms in total. The van der Waals surface area contributed by atoms with Gasteiger partial charge in [0.15, 0.2) is 0 Å². The number of rotatable bonds is 5. The zero-order valence-corrected chi connectivity index (χ0v) is 10.3. The quantitative estimate of drug-likeness (QED) is 0.754. The SMILES string of the molecule is CCC1CCCC1N(C)C(CN)C1CC1. The molecule has 3 atom stereocenters. The minimum Gasteiger partial charge on any atom is -0.329 e. The van der Waals surface area contributed by atoms with Crippen LogP contribution >= 0.6 is 0 Å². The summed E-state index contributed by atoms with van der Waals surface area (Å²) in [5, 5.41) is 0. The second-order valence-corrected chi connectivity index (χ2v) is 5.47. The second-order valence-electron chi connectivity index (χ2n) is 5.47. The van der Waals surface area contributed by atoms with Crippen molar-refractivity contribution in [1.29, 1.82) is 0 Å². The molecule has 0 bridgehead atoms. The molecule has 0 spiro atoms. The van der Waals surface area contributed by atoms with Crippen LogP contribution in [0.15, 0.2) is 0 Å². The lowest BCUT2D eigenvalue weighted by atomic mass is 9.97. The maximum atomic E-state index is 5.93. The fraction of sp³-hybridized carbons (Fsp3) is 1.00. The van der Waals surface area contributed by atoms with Crippen LogP contribution in [0, 0.1) is 11.8 Å². The Bertz CT molecular complexity index is 201. The molecule has 3 unspecified atom stereocenters. The summed E-state index contributed by atoms with van der Waals surface area (Å²) in [5.41, 5.74) is 5.93. The Morgan fingerprint density at radius 1 is 1.27 bits per heavy atom. The van der Waals surface area contributed by atoms with E-state index in [1.807, 2.05) is 0 Å². The summed E-state index contributed by atoms with van der Waals surface area (Å²) in [6.07, 6.45) is 8.43. The van der Waals surface area contributed by atoms with E-state index in [4.69, 9.17) is 5.73 Å². The topological polar surface area (TPSA) is 29.3 Å². The Balaban J connectivity index is 1.95. The molecule has 2 N–H and O–H groups in total. The summed E-state index contributed by atoms with van der Waals surface area (Å²) in [7, 11) is 2.31. The van der Waals surface area contributed by atoms with E-state index in [0.717, 1.165) is 24.4 Å². The molecule has 0 amide bonds. The Morgan fingerprint density at radius 3 is 2.53 bits per heavy atom. The molecular formula is C13H26N2. The first-order valence-electron chi connectivity index (χ1n) is 6.70. The normalized spacial score (nSPS) is 33.6. The Hall–Kier alpha value is -0.0800. The van der Waals surface area contributed by atoms with Gasteiger partial charge in [0.2, 0.25) is 0 Å². The van der Waals surface area contributed by atoms with Crippen molar-refractivity contribution in [2.24, 2.45) is 17.6 Å². The van der Waals surface area contributed by atoms with Gasteiger partial charge in [0.1, 0.15) is 0 Å². The van der Waals surface area contributed by atoms with Crippen molar-refractivity contribution in [2.75, 3.05) is 13.6 Å². The highest BCUT2D eigenvalue weighted by atomic mass is 15.2. The van der Waals surface area contributed by atoms with Gasteiger partial charge in [0, 0.05) is 18.6 Å². The molecule has 0 heterocycles. The molecule has 0 aliphatic heterocycles. The zero-order chi connectivity index (χ0) is 10.8. The van der Waals surface area contributed by atoms with Crippen LogP contribution in [0.2, 0.25) is 0 Å². The third-order valence-corrected chi connectivity index (χ3v) is 4.60. The maximum Gasteiger partial charge on any atom is 0.0246 e. The zero-order valence-electron chi connectivity index (χ0n) is 10.3. The second kappa shape index (κ2) is 4.84. The molecule has 15 heavy (non-hydrogen) atoms. The van der Waals surface area contributed by atoms with Crippen molar-refractivity contribution in [1.82, 2.24) is 4.90 Å². The fourth-order valence-electron chi connectivity index (χ4n) is 3.45. The van der Waals surface area contributed by atoms with Crippen LogP contribution in [0.1, 0.15) is 45.4 Å². The minimum absolute atomic E-state index is 0.669. The van der Waals surface area contributed by atoms with E-state index in [2.05, 4.69) is 18.9 Å². The monoisotopic (exact) mass is 210 g/mol. The first-order valence-corrected chi connectivity index (χ1v) is 6.70. The van der Waals surface area contributed by atoms with Gasteiger partial charge in [-0.1, -0.05) is 19.8 Å². The molecule has 2 heteroatoms. The van der Waals surface area contributed by atoms with Crippen LogP contribution in [0.4, 0.5) is 0 Å². The Morgan fingerprint density at radius 2 is 2.00 bits per heavy atom. The third-order valence-electron chi connectivity index (χ3n) is 4.60. The van der Waals surface area contributed by atoms with Crippen molar-refractivity contribution in [3.8, 4) is 0 Å². The Kier molecular flexibility index (Phi) is 3.68. The predicted octanol–water partition coefficient (Wildman–Crippen LogP) is 2.23. The smallest absolute Gasteiger partial charge is 0.0246 e. The van der Waals surface area contributed by atoms with Gasteiger partial charge in [-0.2, -0.15) is 0 Å². The van der Waals surface area contributed by atoms with Gasteiger partial charge in [0.05, 0.1) is 0 Å². The largest absolute Gasteiger partial charge is 0.329 e. The van der Waals surface area contributed by atoms with Crippen LogP contribution in [-0.4, -0.2) is 30.6 Å². The lowest BCUT2D eigenvalue weighted by Crippen LogP contribution is -2.46. The van der Waals surface area contributed by atoms with Gasteiger partial charge in [-0.25, -0.2) is 0 Å². The van der Waals surface area contributed by atoms with E-state index in [-0.39, 0.29) is 0 Å². The van der Waals surface area contributed by atoms with Crippen molar-refractivity contribution in [3.05, 3.63) is 0 Å². The number of hydrogen-bond acceptors (Lipinski definition) is 2. The van der Waals surface area contributed by atoms with Crippen molar-refractivity contribution < 1.29 is 0 Å². The van der Waals surface area contributed by atoms with E-state index in [1.54, 1.807) is 0 Å². The summed E-state index contributed by atoms with van der Waals surface area (Å²) in [6.45, 7) is 3.19. The highest BCUT2D eigenvalue weighted by Crippen LogP contribution is 2.39. The summed E-state index contributed by atoms with van der Waals surface area (Å²) < 4.78 is 0. The van der Waals surface area contributed by atoms with Crippen molar-refractivity contribution in [3.63, 3.8) is 0 Å². The fourth-order valence-corrected chi connectivity index (χ4v) is 3.45. The molecule has 2 aliphatic carbocycles. The number of nitrogens with two attached hydrogens (primary N) is 1. The van der Waals surface area contributed by atoms with E-state index in [1.165, 1.54) is 38.5 Å². The van der Waals surface area contributed by atoms with E-state index in [0.29, 0.717) is 6.04 Å². The van der Waals surface area contributed by atoms with E-state index in [9.17, 15) is 0 Å². The van der Waals surface area contributed by atoms with E-state index < -0.39 is 0 Å². The van der Waals surface area contributed by atoms with Gasteiger partial charge in [-0.3, -0.25) is 4.90 Å². The number of hydrogen-bond donors (Lipinski definition) is 1. The molecule has 2 fully saturated rings. The van der Waals surface area contributed by atoms with Gasteiger partial charge >= 0.3 is 0 Å². The molecule has 0 radical (unpaired) electrons. The number of nitrogens with zero attached hydrogens (tertiary/aromatic N) is 1. The van der Waals surface area contributed by atoms with Crippen LogP contribution in [0.3, 0.4) is 0 Å². The molecular weight excluding hydrogens is 184 g/mol. The van der Waals surface area contributed by atoms with Gasteiger partial charge < -0.3 is 5.73 Å². The molecule has 0 saturated heterocycles. The summed E-state index contributed by atoms with van der Waals surface area (Å²) in [5.74, 6) is 1.85. The van der Waals surface area contributed by atoms with Crippen LogP contribution in [-0.2, 0) is 0 Å². The molecule has 0 aromatic rings. The summed E-state index contributed by atoms with van der Waals surface area (Å²) >= 11 is 0. The number of likely N-dealkylation sites (N-methyl/N-ethyl adjacent to an activating group) is 1. The first-order chi connectivity index (χ1) is 7.27. The first kappa shape index (κ1) is 11.4. The van der Waals surface area contributed by atoms with Gasteiger partial charge in [0.25, 0.3) is 0 Å². The molecule has 2 saturated carbocycles. The highest BCUT2D eigenvalue weighted by Gasteiger charge is 2.38. The van der Waals surface area contributed by atoms with Crippen LogP contribution in [0.5, 0.6) is 0 Å². The van der Waals surface area contributed by atoms with Crippen LogP contribution < -0.4 is 5.73 Å².